The number of anilines is 1. The molecule has 0 unspecified atom stereocenters. The first-order valence-corrected chi connectivity index (χ1v) is 5.03. The molecule has 0 amide bonds. The van der Waals surface area contributed by atoms with Crippen LogP contribution in [0.4, 0.5) is 5.69 Å². The zero-order valence-corrected chi connectivity index (χ0v) is 9.24. The minimum absolute atomic E-state index is 0.0790. The van der Waals surface area contributed by atoms with Crippen LogP contribution in [0.15, 0.2) is 24.3 Å². The number of nitrogens with zero attached hydrogens (tertiary/aromatic N) is 4. The van der Waals surface area contributed by atoms with Gasteiger partial charge in [-0.15, -0.1) is 5.10 Å². The van der Waals surface area contributed by atoms with Crippen LogP contribution < -0.4 is 5.73 Å². The van der Waals surface area contributed by atoms with Crippen LogP contribution in [0.5, 0.6) is 0 Å². The Kier molecular flexibility index (Phi) is 2.93. The number of rotatable bonds is 3. The molecule has 1 heterocycles. The molecule has 7 nitrogen and oxygen atoms in total. The van der Waals surface area contributed by atoms with Gasteiger partial charge in [-0.1, -0.05) is 17.3 Å². The number of nitriles is 1. The van der Waals surface area contributed by atoms with Crippen LogP contribution in [0.2, 0.25) is 0 Å². The normalized spacial score (nSPS) is 9.94. The fourth-order valence-corrected chi connectivity index (χ4v) is 1.61. The zero-order chi connectivity index (χ0) is 13.1. The topological polar surface area (TPSA) is 118 Å². The molecule has 18 heavy (non-hydrogen) atoms. The lowest BCUT2D eigenvalue weighted by atomic mass is 10.1. The Bertz CT molecular complexity index is 641. The Morgan fingerprint density at radius 3 is 2.94 bits per heavy atom. The number of carboxylic acid groups (broad SMARTS) is 1. The maximum Gasteiger partial charge on any atom is 0.358 e. The maximum absolute atomic E-state index is 11.1. The van der Waals surface area contributed by atoms with Gasteiger partial charge in [0.1, 0.15) is 12.2 Å². The molecular formula is C11H9N5O2. The SMILES string of the molecule is N#CCn1nnc(C(=O)O)c1-c1cccc(N)c1. The molecule has 0 aliphatic rings. The summed E-state index contributed by atoms with van der Waals surface area (Å²) < 4.78 is 1.23. The van der Waals surface area contributed by atoms with E-state index in [4.69, 9.17) is 16.1 Å². The van der Waals surface area contributed by atoms with Crippen LogP contribution in [0, 0.1) is 11.3 Å². The fraction of sp³-hybridized carbons (Fsp3) is 0.0909. The van der Waals surface area contributed by atoms with E-state index < -0.39 is 5.97 Å². The third-order valence-corrected chi connectivity index (χ3v) is 2.32. The predicted octanol–water partition coefficient (Wildman–Crippen LogP) is 0.749. The lowest BCUT2D eigenvalue weighted by molar-refractivity contribution is 0.0691. The van der Waals surface area contributed by atoms with Crippen LogP contribution in [0.25, 0.3) is 11.3 Å². The number of carboxylic acids is 1. The third kappa shape index (κ3) is 1.99. The molecule has 0 aliphatic heterocycles. The molecular weight excluding hydrogens is 234 g/mol. The second-order valence-corrected chi connectivity index (χ2v) is 3.53. The summed E-state index contributed by atoms with van der Waals surface area (Å²) in [7, 11) is 0. The highest BCUT2D eigenvalue weighted by molar-refractivity contribution is 5.92. The number of nitrogens with two attached hydrogens (primary N) is 1. The summed E-state index contributed by atoms with van der Waals surface area (Å²) in [4.78, 5) is 11.1. The highest BCUT2D eigenvalue weighted by atomic mass is 16.4. The molecule has 7 heteroatoms. The second kappa shape index (κ2) is 4.55. The van der Waals surface area contributed by atoms with E-state index in [0.717, 1.165) is 0 Å². The highest BCUT2D eigenvalue weighted by Gasteiger charge is 2.20. The Labute approximate surface area is 102 Å². The molecule has 1 aromatic carbocycles. The molecule has 2 rings (SSSR count). The van der Waals surface area contributed by atoms with Crippen molar-refractivity contribution >= 4 is 11.7 Å². The molecule has 0 spiro atoms. The molecule has 2 aromatic rings. The average molecular weight is 243 g/mol. The van der Waals surface area contributed by atoms with E-state index in [9.17, 15) is 4.79 Å². The molecule has 90 valence electrons. The van der Waals surface area contributed by atoms with Crippen molar-refractivity contribution in [3.63, 3.8) is 0 Å². The van der Waals surface area contributed by atoms with Crippen LogP contribution in [0.3, 0.4) is 0 Å². The largest absolute Gasteiger partial charge is 0.476 e. The van der Waals surface area contributed by atoms with Crippen molar-refractivity contribution in [2.75, 3.05) is 5.73 Å². The van der Waals surface area contributed by atoms with Crippen LogP contribution in [0.1, 0.15) is 10.5 Å². The molecule has 0 saturated carbocycles. The van der Waals surface area contributed by atoms with E-state index >= 15 is 0 Å². The van der Waals surface area contributed by atoms with Crippen molar-refractivity contribution in [1.29, 1.82) is 5.26 Å². The van der Waals surface area contributed by atoms with E-state index in [1.807, 2.05) is 6.07 Å². The predicted molar refractivity (Wildman–Crippen MR) is 62.4 cm³/mol. The monoisotopic (exact) mass is 243 g/mol. The van der Waals surface area contributed by atoms with Crippen molar-refractivity contribution in [3.8, 4) is 17.3 Å². The maximum atomic E-state index is 11.1. The number of nitrogen functional groups attached to an aromatic ring is 1. The van der Waals surface area contributed by atoms with E-state index in [2.05, 4.69) is 10.3 Å². The number of aromatic nitrogens is 3. The summed E-state index contributed by atoms with van der Waals surface area (Å²) in [5, 5.41) is 24.9. The quantitative estimate of drug-likeness (QED) is 0.768. The van der Waals surface area contributed by atoms with Gasteiger partial charge in [-0.05, 0) is 12.1 Å². The van der Waals surface area contributed by atoms with Gasteiger partial charge in [0.05, 0.1) is 6.07 Å². The van der Waals surface area contributed by atoms with Gasteiger partial charge in [0.15, 0.2) is 5.69 Å². The first-order valence-electron chi connectivity index (χ1n) is 5.03. The average Bonchev–Trinajstić information content (AvgIpc) is 2.73. The van der Waals surface area contributed by atoms with Crippen molar-refractivity contribution < 1.29 is 9.90 Å². The van der Waals surface area contributed by atoms with Crippen LogP contribution in [-0.2, 0) is 6.54 Å². The molecule has 0 radical (unpaired) electrons. The Hall–Kier alpha value is -2.88. The van der Waals surface area contributed by atoms with Gasteiger partial charge in [-0.25, -0.2) is 9.48 Å². The minimum Gasteiger partial charge on any atom is -0.476 e. The standard InChI is InChI=1S/C11H9N5O2/c12-4-5-16-10(9(11(17)18)14-15-16)7-2-1-3-8(13)6-7/h1-3,6H,5,13H2,(H,17,18). The molecule has 1 aromatic heterocycles. The number of carbonyl (C=O) groups is 1. The summed E-state index contributed by atoms with van der Waals surface area (Å²) in [5.41, 5.74) is 6.79. The van der Waals surface area contributed by atoms with Crippen molar-refractivity contribution in [2.24, 2.45) is 0 Å². The molecule has 0 bridgehead atoms. The lowest BCUT2D eigenvalue weighted by Crippen LogP contribution is -2.04. The minimum atomic E-state index is -1.20. The summed E-state index contributed by atoms with van der Waals surface area (Å²) in [6, 6.07) is 8.57. The van der Waals surface area contributed by atoms with E-state index in [1.165, 1.54) is 4.68 Å². The Balaban J connectivity index is 2.63. The first kappa shape index (κ1) is 11.6. The summed E-state index contributed by atoms with van der Waals surface area (Å²) in [6.07, 6.45) is 0. The first-order chi connectivity index (χ1) is 8.63. The van der Waals surface area contributed by atoms with Crippen molar-refractivity contribution in [2.45, 2.75) is 6.54 Å². The molecule has 0 fully saturated rings. The van der Waals surface area contributed by atoms with E-state index in [0.29, 0.717) is 11.3 Å². The second-order valence-electron chi connectivity index (χ2n) is 3.53. The van der Waals surface area contributed by atoms with Crippen LogP contribution >= 0.6 is 0 Å². The van der Waals surface area contributed by atoms with E-state index in [1.54, 1.807) is 24.3 Å². The van der Waals surface area contributed by atoms with Gasteiger partial charge in [-0.2, -0.15) is 5.26 Å². The molecule has 0 atom stereocenters. The van der Waals surface area contributed by atoms with Gasteiger partial charge < -0.3 is 10.8 Å². The number of aromatic carboxylic acids is 1. The van der Waals surface area contributed by atoms with Crippen LogP contribution in [-0.4, -0.2) is 26.1 Å². The third-order valence-electron chi connectivity index (χ3n) is 2.32. The van der Waals surface area contributed by atoms with Gasteiger partial charge in [0, 0.05) is 11.3 Å². The molecule has 0 aliphatic carbocycles. The van der Waals surface area contributed by atoms with Crippen molar-refractivity contribution in [3.05, 3.63) is 30.0 Å². The Morgan fingerprint density at radius 2 is 2.33 bits per heavy atom. The number of benzene rings is 1. The van der Waals surface area contributed by atoms with Gasteiger partial charge in [0.2, 0.25) is 0 Å². The fourth-order valence-electron chi connectivity index (χ4n) is 1.61. The lowest BCUT2D eigenvalue weighted by Gasteiger charge is -2.04. The summed E-state index contributed by atoms with van der Waals surface area (Å²) in [5.74, 6) is -1.20. The molecule has 0 saturated heterocycles. The van der Waals surface area contributed by atoms with Gasteiger partial charge in [0.25, 0.3) is 0 Å². The van der Waals surface area contributed by atoms with Gasteiger partial charge >= 0.3 is 5.97 Å². The highest BCUT2D eigenvalue weighted by Crippen LogP contribution is 2.24. The van der Waals surface area contributed by atoms with Gasteiger partial charge in [-0.3, -0.25) is 0 Å². The summed E-state index contributed by atoms with van der Waals surface area (Å²) >= 11 is 0. The number of hydrogen-bond acceptors (Lipinski definition) is 5. The summed E-state index contributed by atoms with van der Waals surface area (Å²) in [6.45, 7) is -0.0790. The zero-order valence-electron chi connectivity index (χ0n) is 9.24. The smallest absolute Gasteiger partial charge is 0.358 e. The van der Waals surface area contributed by atoms with E-state index in [-0.39, 0.29) is 17.9 Å². The van der Waals surface area contributed by atoms with Crippen molar-refractivity contribution in [1.82, 2.24) is 15.0 Å². The Morgan fingerprint density at radius 1 is 1.56 bits per heavy atom. The molecule has 3 N–H and O–H groups in total. The number of hydrogen-bond donors (Lipinski definition) is 2.